The fourth-order valence-corrected chi connectivity index (χ4v) is 1.89. The van der Waals surface area contributed by atoms with E-state index in [4.69, 9.17) is 16.3 Å². The third kappa shape index (κ3) is 2.04. The monoisotopic (exact) mass is 236 g/mol. The van der Waals surface area contributed by atoms with Gasteiger partial charge in [0.25, 0.3) is 0 Å². The molecule has 0 fully saturated rings. The number of methoxy groups -OCH3 is 1. The number of hydrogen-bond acceptors (Lipinski definition) is 2. The van der Waals surface area contributed by atoms with E-state index in [0.717, 1.165) is 11.4 Å². The van der Waals surface area contributed by atoms with Crippen LogP contribution in [0.2, 0.25) is 5.02 Å². The number of nitrogens with zero attached hydrogens (tertiary/aromatic N) is 1. The van der Waals surface area contributed by atoms with Crippen molar-refractivity contribution in [2.75, 3.05) is 7.11 Å². The topological polar surface area (TPSA) is 37.9 Å². The first kappa shape index (κ1) is 11.0. The largest absolute Gasteiger partial charge is 0.495 e. The first-order valence-corrected chi connectivity index (χ1v) is 5.43. The molecule has 1 atom stereocenters. The molecule has 1 heterocycles. The second-order valence-electron chi connectivity index (χ2n) is 3.59. The van der Waals surface area contributed by atoms with Crippen molar-refractivity contribution < 1.29 is 4.74 Å². The Labute approximate surface area is 99.4 Å². The van der Waals surface area contributed by atoms with E-state index in [9.17, 15) is 0 Å². The molecule has 0 bridgehead atoms. The number of nitrogens with one attached hydrogen (secondary N) is 1. The van der Waals surface area contributed by atoms with Crippen LogP contribution in [0.5, 0.6) is 5.75 Å². The van der Waals surface area contributed by atoms with Gasteiger partial charge in [-0.05, 0) is 17.7 Å². The Kier molecular flexibility index (Phi) is 3.15. The zero-order valence-corrected chi connectivity index (χ0v) is 9.95. The highest BCUT2D eigenvalue weighted by molar-refractivity contribution is 6.32. The lowest BCUT2D eigenvalue weighted by Crippen LogP contribution is -1.98. The predicted molar refractivity (Wildman–Crippen MR) is 64.1 cm³/mol. The highest BCUT2D eigenvalue weighted by Gasteiger charge is 2.12. The summed E-state index contributed by atoms with van der Waals surface area (Å²) in [4.78, 5) is 7.33. The van der Waals surface area contributed by atoms with E-state index in [0.29, 0.717) is 10.8 Å². The molecular formula is C12H13ClN2O. The number of imidazole rings is 1. The maximum atomic E-state index is 6.08. The van der Waals surface area contributed by atoms with Gasteiger partial charge in [0, 0.05) is 18.3 Å². The van der Waals surface area contributed by atoms with Crippen LogP contribution in [0.15, 0.2) is 30.6 Å². The molecule has 3 nitrogen and oxygen atoms in total. The van der Waals surface area contributed by atoms with Gasteiger partial charge < -0.3 is 9.72 Å². The second kappa shape index (κ2) is 4.58. The van der Waals surface area contributed by atoms with E-state index in [1.165, 1.54) is 0 Å². The van der Waals surface area contributed by atoms with E-state index in [-0.39, 0.29) is 5.92 Å². The first-order valence-electron chi connectivity index (χ1n) is 5.05. The lowest BCUT2D eigenvalue weighted by Gasteiger charge is -2.11. The zero-order chi connectivity index (χ0) is 11.5. The van der Waals surface area contributed by atoms with Gasteiger partial charge in [-0.15, -0.1) is 0 Å². The molecular weight excluding hydrogens is 224 g/mol. The zero-order valence-electron chi connectivity index (χ0n) is 9.20. The van der Waals surface area contributed by atoms with E-state index in [1.807, 2.05) is 24.4 Å². The highest BCUT2D eigenvalue weighted by Crippen LogP contribution is 2.29. The molecule has 0 saturated carbocycles. The molecule has 0 spiro atoms. The van der Waals surface area contributed by atoms with Crippen molar-refractivity contribution in [1.82, 2.24) is 9.97 Å². The van der Waals surface area contributed by atoms with E-state index >= 15 is 0 Å². The van der Waals surface area contributed by atoms with Crippen LogP contribution >= 0.6 is 11.6 Å². The molecule has 1 N–H and O–H groups in total. The maximum Gasteiger partial charge on any atom is 0.137 e. The molecule has 0 amide bonds. The third-order valence-electron chi connectivity index (χ3n) is 2.61. The van der Waals surface area contributed by atoms with Crippen molar-refractivity contribution in [3.8, 4) is 5.75 Å². The number of aromatic nitrogens is 2. The summed E-state index contributed by atoms with van der Waals surface area (Å²) in [5.41, 5.74) is 1.11. The Morgan fingerprint density at radius 1 is 1.44 bits per heavy atom. The normalized spacial score (nSPS) is 12.4. The molecule has 16 heavy (non-hydrogen) atoms. The average molecular weight is 237 g/mol. The van der Waals surface area contributed by atoms with Gasteiger partial charge in [0.1, 0.15) is 11.6 Å². The van der Waals surface area contributed by atoms with Crippen molar-refractivity contribution in [2.24, 2.45) is 0 Å². The van der Waals surface area contributed by atoms with E-state index in [1.54, 1.807) is 13.3 Å². The first-order chi connectivity index (χ1) is 7.72. The van der Waals surface area contributed by atoms with Crippen molar-refractivity contribution in [2.45, 2.75) is 12.8 Å². The molecule has 0 saturated heterocycles. The summed E-state index contributed by atoms with van der Waals surface area (Å²) in [6.07, 6.45) is 3.56. The number of ether oxygens (including phenoxy) is 1. The second-order valence-corrected chi connectivity index (χ2v) is 4.00. The van der Waals surface area contributed by atoms with Gasteiger partial charge in [0.15, 0.2) is 0 Å². The standard InChI is InChI=1S/C12H13ClN2O/c1-8(12-14-5-6-15-12)9-3-4-11(16-2)10(13)7-9/h3-8H,1-2H3,(H,14,15). The number of rotatable bonds is 3. The molecule has 1 aromatic carbocycles. The van der Waals surface area contributed by atoms with Crippen LogP contribution in [0.3, 0.4) is 0 Å². The van der Waals surface area contributed by atoms with Gasteiger partial charge in [0.05, 0.1) is 12.1 Å². The number of benzene rings is 1. The number of halogens is 1. The average Bonchev–Trinajstić information content (AvgIpc) is 2.81. The van der Waals surface area contributed by atoms with Crippen molar-refractivity contribution in [1.29, 1.82) is 0 Å². The quantitative estimate of drug-likeness (QED) is 0.889. The summed E-state index contributed by atoms with van der Waals surface area (Å²) in [5.74, 6) is 1.82. The minimum atomic E-state index is 0.193. The molecule has 4 heteroatoms. The molecule has 0 aliphatic heterocycles. The maximum absolute atomic E-state index is 6.08. The van der Waals surface area contributed by atoms with Gasteiger partial charge in [-0.25, -0.2) is 4.98 Å². The van der Waals surface area contributed by atoms with Crippen molar-refractivity contribution >= 4 is 11.6 Å². The molecule has 2 aromatic rings. The van der Waals surface area contributed by atoms with Crippen LogP contribution in [0.1, 0.15) is 24.2 Å². The number of H-pyrrole nitrogens is 1. The van der Waals surface area contributed by atoms with Crippen LogP contribution in [0.25, 0.3) is 0 Å². The Bertz CT molecular complexity index is 468. The van der Waals surface area contributed by atoms with Crippen LogP contribution in [-0.4, -0.2) is 17.1 Å². The summed E-state index contributed by atoms with van der Waals surface area (Å²) in [5, 5.41) is 0.624. The van der Waals surface area contributed by atoms with Crippen LogP contribution in [-0.2, 0) is 0 Å². The van der Waals surface area contributed by atoms with Gasteiger partial charge in [-0.1, -0.05) is 24.6 Å². The molecule has 0 radical (unpaired) electrons. The van der Waals surface area contributed by atoms with Crippen LogP contribution in [0.4, 0.5) is 0 Å². The van der Waals surface area contributed by atoms with E-state index in [2.05, 4.69) is 16.9 Å². The molecule has 1 aromatic heterocycles. The number of hydrogen-bond donors (Lipinski definition) is 1. The van der Waals surface area contributed by atoms with Crippen molar-refractivity contribution in [3.63, 3.8) is 0 Å². The smallest absolute Gasteiger partial charge is 0.137 e. The Hall–Kier alpha value is -1.48. The summed E-state index contributed by atoms with van der Waals surface area (Å²) < 4.78 is 5.12. The SMILES string of the molecule is COc1ccc(C(C)c2ncc[nH]2)cc1Cl. The van der Waals surface area contributed by atoms with Crippen LogP contribution in [0, 0.1) is 0 Å². The predicted octanol–water partition coefficient (Wildman–Crippen LogP) is 3.22. The van der Waals surface area contributed by atoms with E-state index < -0.39 is 0 Å². The fraction of sp³-hybridized carbons (Fsp3) is 0.250. The summed E-state index contributed by atoms with van der Waals surface area (Å²) in [6, 6.07) is 5.78. The summed E-state index contributed by atoms with van der Waals surface area (Å²) >= 11 is 6.08. The lowest BCUT2D eigenvalue weighted by atomic mass is 10.0. The summed E-state index contributed by atoms with van der Waals surface area (Å²) in [6.45, 7) is 2.08. The lowest BCUT2D eigenvalue weighted by molar-refractivity contribution is 0.415. The minimum Gasteiger partial charge on any atom is -0.495 e. The highest BCUT2D eigenvalue weighted by atomic mass is 35.5. The third-order valence-corrected chi connectivity index (χ3v) is 2.90. The number of aromatic amines is 1. The molecule has 84 valence electrons. The van der Waals surface area contributed by atoms with Gasteiger partial charge >= 0.3 is 0 Å². The Balaban J connectivity index is 2.31. The Morgan fingerprint density at radius 2 is 2.25 bits per heavy atom. The fourth-order valence-electron chi connectivity index (χ4n) is 1.62. The molecule has 2 rings (SSSR count). The Morgan fingerprint density at radius 3 is 2.81 bits per heavy atom. The van der Waals surface area contributed by atoms with Gasteiger partial charge in [-0.3, -0.25) is 0 Å². The molecule has 1 unspecified atom stereocenters. The minimum absolute atomic E-state index is 0.193. The molecule has 0 aliphatic rings. The van der Waals surface area contributed by atoms with Crippen molar-refractivity contribution in [3.05, 3.63) is 47.0 Å². The van der Waals surface area contributed by atoms with Crippen LogP contribution < -0.4 is 4.74 Å². The van der Waals surface area contributed by atoms with Gasteiger partial charge in [0.2, 0.25) is 0 Å². The molecule has 0 aliphatic carbocycles. The van der Waals surface area contributed by atoms with Gasteiger partial charge in [-0.2, -0.15) is 0 Å². The summed E-state index contributed by atoms with van der Waals surface area (Å²) in [7, 11) is 1.61.